The summed E-state index contributed by atoms with van der Waals surface area (Å²) in [7, 11) is 0. The molecule has 1 N–H and O–H groups in total. The number of aromatic nitrogens is 3. The second-order valence-corrected chi connectivity index (χ2v) is 4.09. The molecule has 0 spiro atoms. The molecule has 0 aliphatic heterocycles. The molecule has 1 aromatic carbocycles. The molecule has 6 heteroatoms. The van der Waals surface area contributed by atoms with E-state index in [9.17, 15) is 0 Å². The Hall–Kier alpha value is -2.14. The number of rotatable bonds is 3. The molecule has 90 valence electrons. The number of hydrogen-bond donors (Lipinski definition) is 1. The van der Waals surface area contributed by atoms with Gasteiger partial charge in [0.1, 0.15) is 11.3 Å². The fourth-order valence-corrected chi connectivity index (χ4v) is 1.71. The summed E-state index contributed by atoms with van der Waals surface area (Å²) in [6.07, 6.45) is 3.38. The molecular weight excluding hydrogens is 252 g/mol. The third-order valence-electron chi connectivity index (χ3n) is 2.37. The van der Waals surface area contributed by atoms with Gasteiger partial charge in [-0.3, -0.25) is 0 Å². The third-order valence-corrected chi connectivity index (χ3v) is 2.60. The molecule has 0 bridgehead atoms. The fourth-order valence-electron chi connectivity index (χ4n) is 1.55. The van der Waals surface area contributed by atoms with E-state index in [-0.39, 0.29) is 0 Å². The van der Waals surface area contributed by atoms with Gasteiger partial charge in [-0.25, -0.2) is 9.97 Å². The summed E-state index contributed by atoms with van der Waals surface area (Å²) < 4.78 is 5.51. The van der Waals surface area contributed by atoms with E-state index in [2.05, 4.69) is 20.3 Å². The molecule has 18 heavy (non-hydrogen) atoms. The van der Waals surface area contributed by atoms with E-state index in [1.165, 1.54) is 0 Å². The lowest BCUT2D eigenvalue weighted by molar-refractivity contribution is 0.612. The van der Waals surface area contributed by atoms with E-state index in [4.69, 9.17) is 16.0 Å². The molecule has 2 aromatic heterocycles. The molecule has 0 unspecified atom stereocenters. The maximum Gasteiger partial charge on any atom is 0.296 e. The van der Waals surface area contributed by atoms with Crippen molar-refractivity contribution in [1.29, 1.82) is 0 Å². The van der Waals surface area contributed by atoms with Gasteiger partial charge in [0.05, 0.1) is 6.54 Å². The van der Waals surface area contributed by atoms with Crippen LogP contribution in [-0.4, -0.2) is 15.0 Å². The lowest BCUT2D eigenvalue weighted by Crippen LogP contribution is -2.03. The van der Waals surface area contributed by atoms with Gasteiger partial charge in [0, 0.05) is 23.5 Å². The van der Waals surface area contributed by atoms with Crippen LogP contribution in [0, 0.1) is 0 Å². The van der Waals surface area contributed by atoms with E-state index in [0.717, 1.165) is 5.52 Å². The van der Waals surface area contributed by atoms with Crippen molar-refractivity contribution in [1.82, 2.24) is 15.0 Å². The van der Waals surface area contributed by atoms with Crippen molar-refractivity contribution >= 4 is 28.7 Å². The predicted molar refractivity (Wildman–Crippen MR) is 68.4 cm³/mol. The molecule has 0 saturated carbocycles. The summed E-state index contributed by atoms with van der Waals surface area (Å²) in [5, 5.41) is 3.65. The zero-order valence-corrected chi connectivity index (χ0v) is 10.1. The summed E-state index contributed by atoms with van der Waals surface area (Å²) in [5.41, 5.74) is 1.41. The number of nitrogens with one attached hydrogen (secondary N) is 1. The lowest BCUT2D eigenvalue weighted by Gasteiger charge is -1.98. The van der Waals surface area contributed by atoms with E-state index < -0.39 is 0 Å². The predicted octanol–water partition coefficient (Wildman–Crippen LogP) is 2.88. The molecule has 0 saturated heterocycles. The Balaban J connectivity index is 1.79. The summed E-state index contributed by atoms with van der Waals surface area (Å²) in [6, 6.07) is 7.51. The van der Waals surface area contributed by atoms with Crippen molar-refractivity contribution in [2.24, 2.45) is 0 Å². The van der Waals surface area contributed by atoms with Crippen molar-refractivity contribution in [3.8, 4) is 0 Å². The van der Waals surface area contributed by atoms with Crippen LogP contribution in [-0.2, 0) is 6.54 Å². The lowest BCUT2D eigenvalue weighted by atomic mass is 10.3. The fraction of sp³-hybridized carbons (Fsp3) is 0.0833. The number of nitrogens with zero attached hydrogens (tertiary/aromatic N) is 3. The zero-order valence-electron chi connectivity index (χ0n) is 9.30. The minimum atomic E-state index is 0.430. The van der Waals surface area contributed by atoms with Crippen molar-refractivity contribution in [3.63, 3.8) is 0 Å². The molecule has 3 aromatic rings. The highest BCUT2D eigenvalue weighted by atomic mass is 35.5. The molecule has 0 radical (unpaired) electrons. The number of benzene rings is 1. The number of oxazole rings is 1. The first-order valence-corrected chi connectivity index (χ1v) is 5.75. The van der Waals surface area contributed by atoms with Gasteiger partial charge in [0.25, 0.3) is 6.01 Å². The first-order valence-electron chi connectivity index (χ1n) is 5.37. The van der Waals surface area contributed by atoms with Gasteiger partial charge in [-0.05, 0) is 18.2 Å². The summed E-state index contributed by atoms with van der Waals surface area (Å²) >= 11 is 5.87. The van der Waals surface area contributed by atoms with Crippen molar-refractivity contribution < 1.29 is 4.42 Å². The number of halogens is 1. The monoisotopic (exact) mass is 260 g/mol. The van der Waals surface area contributed by atoms with Crippen molar-refractivity contribution in [2.45, 2.75) is 6.54 Å². The standard InChI is InChI=1S/C12H9ClN4O/c13-8-2-3-9-10(6-8)18-12(17-9)16-7-11-14-4-1-5-15-11/h1-6H,7H2,(H,16,17). The minimum Gasteiger partial charge on any atom is -0.423 e. The first-order chi connectivity index (χ1) is 8.81. The molecule has 0 fully saturated rings. The van der Waals surface area contributed by atoms with E-state index >= 15 is 0 Å². The van der Waals surface area contributed by atoms with Gasteiger partial charge < -0.3 is 9.73 Å². The van der Waals surface area contributed by atoms with Crippen LogP contribution in [0.4, 0.5) is 6.01 Å². The third kappa shape index (κ3) is 2.26. The largest absolute Gasteiger partial charge is 0.423 e. The Morgan fingerprint density at radius 3 is 2.89 bits per heavy atom. The Bertz CT molecular complexity index is 668. The van der Waals surface area contributed by atoms with Crippen LogP contribution in [0.2, 0.25) is 5.02 Å². The summed E-state index contributed by atoms with van der Waals surface area (Å²) in [4.78, 5) is 12.5. The van der Waals surface area contributed by atoms with Gasteiger partial charge in [0.2, 0.25) is 0 Å². The second kappa shape index (κ2) is 4.62. The van der Waals surface area contributed by atoms with Crippen LogP contribution in [0.1, 0.15) is 5.82 Å². The molecule has 5 nitrogen and oxygen atoms in total. The van der Waals surface area contributed by atoms with Gasteiger partial charge in [-0.2, -0.15) is 4.98 Å². The van der Waals surface area contributed by atoms with Crippen molar-refractivity contribution in [2.75, 3.05) is 5.32 Å². The molecule has 0 aliphatic rings. The maximum absolute atomic E-state index is 5.87. The maximum atomic E-state index is 5.87. The zero-order chi connectivity index (χ0) is 12.4. The van der Waals surface area contributed by atoms with Gasteiger partial charge in [0.15, 0.2) is 5.58 Å². The van der Waals surface area contributed by atoms with Gasteiger partial charge in [-0.1, -0.05) is 11.6 Å². The smallest absolute Gasteiger partial charge is 0.296 e. The van der Waals surface area contributed by atoms with Crippen LogP contribution >= 0.6 is 11.6 Å². The quantitative estimate of drug-likeness (QED) is 0.784. The van der Waals surface area contributed by atoms with E-state index in [1.807, 2.05) is 6.07 Å². The molecule has 0 atom stereocenters. The van der Waals surface area contributed by atoms with E-state index in [0.29, 0.717) is 29.0 Å². The van der Waals surface area contributed by atoms with E-state index in [1.54, 1.807) is 30.6 Å². The molecule has 2 heterocycles. The molecule has 0 aliphatic carbocycles. The number of hydrogen-bond acceptors (Lipinski definition) is 5. The van der Waals surface area contributed by atoms with Crippen LogP contribution in [0.3, 0.4) is 0 Å². The Morgan fingerprint density at radius 2 is 2.06 bits per heavy atom. The normalized spacial score (nSPS) is 10.7. The van der Waals surface area contributed by atoms with Gasteiger partial charge in [-0.15, -0.1) is 0 Å². The Kier molecular flexibility index (Phi) is 2.82. The van der Waals surface area contributed by atoms with Crippen LogP contribution in [0.25, 0.3) is 11.1 Å². The van der Waals surface area contributed by atoms with Crippen LogP contribution < -0.4 is 5.32 Å². The molecular formula is C12H9ClN4O. The average molecular weight is 261 g/mol. The number of fused-ring (bicyclic) bond motifs is 1. The highest BCUT2D eigenvalue weighted by Gasteiger charge is 2.06. The topological polar surface area (TPSA) is 63.8 Å². The SMILES string of the molecule is Clc1ccc2nc(NCc3ncccn3)oc2c1. The first kappa shape index (κ1) is 11.0. The highest BCUT2D eigenvalue weighted by Crippen LogP contribution is 2.22. The number of anilines is 1. The second-order valence-electron chi connectivity index (χ2n) is 3.65. The summed E-state index contributed by atoms with van der Waals surface area (Å²) in [5.74, 6) is 0.679. The summed E-state index contributed by atoms with van der Waals surface area (Å²) in [6.45, 7) is 0.460. The Morgan fingerprint density at radius 1 is 1.22 bits per heavy atom. The molecule has 3 rings (SSSR count). The average Bonchev–Trinajstić information content (AvgIpc) is 2.79. The minimum absolute atomic E-state index is 0.430. The Labute approximate surface area is 108 Å². The van der Waals surface area contributed by atoms with Gasteiger partial charge >= 0.3 is 0 Å². The van der Waals surface area contributed by atoms with Crippen LogP contribution in [0.15, 0.2) is 41.1 Å². The molecule has 0 amide bonds. The van der Waals surface area contributed by atoms with Crippen molar-refractivity contribution in [3.05, 3.63) is 47.5 Å². The highest BCUT2D eigenvalue weighted by molar-refractivity contribution is 6.31. The van der Waals surface area contributed by atoms with Crippen LogP contribution in [0.5, 0.6) is 0 Å².